The zero-order valence-corrected chi connectivity index (χ0v) is 35.6. The Hall–Kier alpha value is -4.52. The van der Waals surface area contributed by atoms with Crippen molar-refractivity contribution in [3.63, 3.8) is 0 Å². The Morgan fingerprint density at radius 1 is 0.700 bits per heavy atom. The van der Waals surface area contributed by atoms with Gasteiger partial charge in [0.05, 0.1) is 42.3 Å². The van der Waals surface area contributed by atoms with E-state index in [0.717, 1.165) is 31.4 Å². The molecule has 0 spiro atoms. The molecule has 0 aromatic heterocycles. The summed E-state index contributed by atoms with van der Waals surface area (Å²) < 4.78 is 93.6. The van der Waals surface area contributed by atoms with E-state index in [-0.39, 0.29) is 82.0 Å². The Morgan fingerprint density at radius 2 is 1.07 bits per heavy atom. The summed E-state index contributed by atoms with van der Waals surface area (Å²) in [7, 11) is 2.38. The van der Waals surface area contributed by atoms with Gasteiger partial charge in [0.15, 0.2) is 0 Å². The van der Waals surface area contributed by atoms with Crippen LogP contribution in [0.4, 0.5) is 26.3 Å². The summed E-state index contributed by atoms with van der Waals surface area (Å²) in [5.41, 5.74) is -5.32. The molecule has 0 amide bonds. The fraction of sp³-hybridized carbons (Fsp3) is 0.211. The van der Waals surface area contributed by atoms with Gasteiger partial charge in [-0.3, -0.25) is 0 Å². The fourth-order valence-electron chi connectivity index (χ4n) is 5.77. The predicted octanol–water partition coefficient (Wildman–Crippen LogP) is 11.5. The number of benzene rings is 4. The molecule has 60 heavy (non-hydrogen) atoms. The normalized spacial score (nSPS) is 18.0. The summed E-state index contributed by atoms with van der Waals surface area (Å²) in [6.45, 7) is 4.75. The Morgan fingerprint density at radius 3 is 1.42 bits per heavy atom. The van der Waals surface area contributed by atoms with Gasteiger partial charge in [0.1, 0.15) is 6.07 Å². The maximum atomic E-state index is 14.0. The van der Waals surface area contributed by atoms with Gasteiger partial charge in [-0.25, -0.2) is 9.59 Å². The number of rotatable bonds is 6. The van der Waals surface area contributed by atoms with Crippen LogP contribution >= 0.6 is 62.3 Å². The molecule has 2 aliphatic heterocycles. The van der Waals surface area contributed by atoms with E-state index >= 15 is 0 Å². The van der Waals surface area contributed by atoms with E-state index in [1.165, 1.54) is 55.6 Å². The second-order valence-electron chi connectivity index (χ2n) is 12.1. The number of nitriles is 1. The minimum Gasteiger partial charge on any atom is -0.512 e. The molecule has 0 fully saturated rings. The molecule has 0 saturated carbocycles. The zero-order valence-electron chi connectivity index (χ0n) is 30.0. The molecule has 6 rings (SSSR count). The average Bonchev–Trinajstić information content (AvgIpc) is 3.86. The summed E-state index contributed by atoms with van der Waals surface area (Å²) in [5, 5.41) is 22.9. The molecular formula is C38H22BrCl4CuF6N4O6. The maximum Gasteiger partial charge on any atom is 1.00 e. The van der Waals surface area contributed by atoms with Crippen LogP contribution in [0.15, 0.2) is 87.6 Å². The first-order valence-corrected chi connectivity index (χ1v) is 18.3. The number of carbonyl (C=O) groups is 2. The van der Waals surface area contributed by atoms with Crippen LogP contribution < -0.4 is 0 Å². The minimum absolute atomic E-state index is 0. The van der Waals surface area contributed by atoms with Crippen molar-refractivity contribution < 1.29 is 72.1 Å². The van der Waals surface area contributed by atoms with E-state index in [9.17, 15) is 41.2 Å². The van der Waals surface area contributed by atoms with Gasteiger partial charge in [0.2, 0.25) is 0 Å². The minimum atomic E-state index is -4.84. The van der Waals surface area contributed by atoms with Gasteiger partial charge in [0, 0.05) is 59.7 Å². The number of ether oxygens (including phenoxy) is 2. The third-order valence-electron chi connectivity index (χ3n) is 8.62. The Kier molecular flexibility index (Phi) is 16.5. The number of carbonyl (C=O) groups excluding carboxylic acids is 2. The van der Waals surface area contributed by atoms with Crippen LogP contribution in [0.2, 0.25) is 20.1 Å². The topological polar surface area (TPSA) is 143 Å². The number of hydrogen-bond donors (Lipinski definition) is 0. The van der Waals surface area contributed by atoms with Crippen molar-refractivity contribution in [2.24, 2.45) is 10.3 Å². The quantitative estimate of drug-likeness (QED) is 0.0804. The first kappa shape index (κ1) is 49.8. The molecule has 10 nitrogen and oxygen atoms in total. The van der Waals surface area contributed by atoms with Crippen molar-refractivity contribution >= 4 is 85.7 Å². The van der Waals surface area contributed by atoms with Crippen LogP contribution in [0.1, 0.15) is 61.4 Å². The second-order valence-corrected chi connectivity index (χ2v) is 14.7. The van der Waals surface area contributed by atoms with Crippen molar-refractivity contribution in [1.29, 1.82) is 10.5 Å². The number of esters is 2. The van der Waals surface area contributed by atoms with Gasteiger partial charge >= 0.3 is 41.4 Å². The molecule has 4 aromatic rings. The average molecular weight is 1030 g/mol. The number of hydrogen-bond acceptors (Lipinski definition) is 10. The third kappa shape index (κ3) is 10.3. The first-order chi connectivity index (χ1) is 27.7. The molecular weight excluding hydrogens is 1010 g/mol. The summed E-state index contributed by atoms with van der Waals surface area (Å²) in [4.78, 5) is 33.2. The number of alkyl halides is 6. The molecule has 2 heterocycles. The van der Waals surface area contributed by atoms with Gasteiger partial charge in [-0.2, -0.15) is 31.6 Å². The second kappa shape index (κ2) is 19.9. The van der Waals surface area contributed by atoms with Gasteiger partial charge in [-0.1, -0.05) is 68.8 Å². The summed E-state index contributed by atoms with van der Waals surface area (Å²) >= 11 is 26.7. The molecule has 0 N–H and O–H groups in total. The largest absolute Gasteiger partial charge is 1.00 e. The van der Waals surface area contributed by atoms with Crippen LogP contribution in [0.3, 0.4) is 0 Å². The maximum absolute atomic E-state index is 14.0. The van der Waals surface area contributed by atoms with E-state index in [2.05, 4.69) is 35.7 Å². The predicted molar refractivity (Wildman–Crippen MR) is 206 cm³/mol. The molecule has 22 heteroatoms. The SMILES string of the molecule is COC(=O)c1ccc(C2=NOC(c3cc(Cl)cc(Cl)c3)(C(F)(F)F)C2)cc1Br.COC(=O)c1ccc(C2=NOC(c3cc(Cl)cc(Cl)c3)(C(F)(F)F)C2)cc1C#N.[C-]#N.[Cu+]. The molecule has 2 aliphatic rings. The number of nitrogens with zero attached hydrogens (tertiary/aromatic N) is 4. The molecule has 0 bridgehead atoms. The fourth-order valence-corrected chi connectivity index (χ4v) is 7.36. The van der Waals surface area contributed by atoms with Crippen molar-refractivity contribution in [1.82, 2.24) is 0 Å². The van der Waals surface area contributed by atoms with Crippen molar-refractivity contribution in [3.05, 3.63) is 143 Å². The number of oxime groups is 2. The van der Waals surface area contributed by atoms with Crippen LogP contribution in [-0.2, 0) is 47.4 Å². The molecule has 2 unspecified atom stereocenters. The molecule has 4 aromatic carbocycles. The van der Waals surface area contributed by atoms with Crippen LogP contribution in [0.5, 0.6) is 0 Å². The molecule has 0 aliphatic carbocycles. The molecule has 2 atom stereocenters. The molecule has 0 radical (unpaired) electrons. The summed E-state index contributed by atoms with van der Waals surface area (Å²) in [6.07, 6.45) is -10.9. The van der Waals surface area contributed by atoms with Gasteiger partial charge in [0.25, 0.3) is 11.2 Å². The van der Waals surface area contributed by atoms with E-state index in [1.54, 1.807) is 0 Å². The zero-order chi connectivity index (χ0) is 44.1. The molecule has 0 saturated heterocycles. The van der Waals surface area contributed by atoms with E-state index < -0.39 is 48.3 Å². The van der Waals surface area contributed by atoms with Crippen molar-refractivity contribution in [2.45, 2.75) is 36.4 Å². The summed E-state index contributed by atoms with van der Waals surface area (Å²) in [6, 6.07) is 17.3. The van der Waals surface area contributed by atoms with Crippen molar-refractivity contribution in [2.75, 3.05) is 14.2 Å². The molecule has 318 valence electrons. The van der Waals surface area contributed by atoms with E-state index in [0.29, 0.717) is 10.0 Å². The van der Waals surface area contributed by atoms with Crippen LogP contribution in [0, 0.1) is 23.2 Å². The number of halogens is 11. The van der Waals surface area contributed by atoms with Crippen LogP contribution in [0.25, 0.3) is 0 Å². The standard InChI is InChI=1S/C19H11Cl2F3N2O3.C18H11BrCl2F3NO3.CN.Cu/c1-28-17(27)15-3-2-10(4-11(15)9-25)16-8-18(29-26-16,19(22,23)24)12-5-13(20)7-14(21)6-12;1-27-16(26)13-3-2-9(4-14(13)19)15-8-17(28-25-15,18(22,23)24)10-5-11(20)7-12(21)6-10;1-2;/h2-7H,8H2,1H3;2-7H,8H2,1H3;;/q;;-1;+1. The third-order valence-corrected chi connectivity index (χ3v) is 10.1. The Bertz CT molecular complexity index is 2390. The first-order valence-electron chi connectivity index (χ1n) is 16.0. The number of methoxy groups -OCH3 is 2. The Labute approximate surface area is 376 Å². The van der Waals surface area contributed by atoms with Crippen molar-refractivity contribution in [3.8, 4) is 6.07 Å². The van der Waals surface area contributed by atoms with Gasteiger partial charge < -0.3 is 31.0 Å². The summed E-state index contributed by atoms with van der Waals surface area (Å²) in [5.74, 6) is -1.32. The van der Waals surface area contributed by atoms with Gasteiger partial charge in [-0.15, -0.1) is 0 Å². The van der Waals surface area contributed by atoms with Crippen LogP contribution in [-0.4, -0.2) is 49.9 Å². The Balaban J connectivity index is 0.000000303. The van der Waals surface area contributed by atoms with Gasteiger partial charge in [-0.05, 0) is 76.6 Å². The van der Waals surface area contributed by atoms with E-state index in [1.807, 2.05) is 6.07 Å². The monoisotopic (exact) mass is 1030 g/mol. The van der Waals surface area contributed by atoms with E-state index in [4.69, 9.17) is 67.9 Å². The smallest absolute Gasteiger partial charge is 0.512 e.